The number of benzene rings is 1. The fraction of sp³-hybridized carbons (Fsp3) is 0.455. The molecule has 0 bridgehead atoms. The van der Waals surface area contributed by atoms with Crippen LogP contribution < -0.4 is 0 Å². The van der Waals surface area contributed by atoms with Crippen LogP contribution in [0.15, 0.2) is 24.3 Å². The second-order valence-electron chi connectivity index (χ2n) is 3.19. The van der Waals surface area contributed by atoms with E-state index in [4.69, 9.17) is 23.2 Å². The zero-order valence-electron chi connectivity index (χ0n) is 8.17. The molecule has 0 saturated carbocycles. The molecule has 1 aromatic rings. The molecule has 0 aromatic heterocycles. The van der Waals surface area contributed by atoms with Gasteiger partial charge in [0.15, 0.2) is 0 Å². The van der Waals surface area contributed by atoms with Gasteiger partial charge in [-0.3, -0.25) is 0 Å². The van der Waals surface area contributed by atoms with Gasteiger partial charge in [-0.25, -0.2) is 0 Å². The van der Waals surface area contributed by atoms with Crippen LogP contribution in [0.4, 0.5) is 0 Å². The highest BCUT2D eigenvalue weighted by molar-refractivity contribution is 7.99. The highest BCUT2D eigenvalue weighted by Gasteiger charge is 2.04. The minimum Gasteiger partial charge on any atom is -0.154 e. The monoisotopic (exact) mass is 248 g/mol. The molecule has 14 heavy (non-hydrogen) atoms. The van der Waals surface area contributed by atoms with Crippen LogP contribution in [0.1, 0.15) is 18.9 Å². The smallest absolute Gasteiger partial charge is 0.0446 e. The van der Waals surface area contributed by atoms with E-state index in [1.165, 1.54) is 5.56 Å². The van der Waals surface area contributed by atoms with E-state index in [2.05, 4.69) is 13.0 Å². The highest BCUT2D eigenvalue weighted by Crippen LogP contribution is 2.24. The third-order valence-electron chi connectivity index (χ3n) is 2.00. The second kappa shape index (κ2) is 6.60. The summed E-state index contributed by atoms with van der Waals surface area (Å²) in [4.78, 5) is 0. The molecule has 0 heterocycles. The summed E-state index contributed by atoms with van der Waals surface area (Å²) in [5, 5.41) is 1.46. The van der Waals surface area contributed by atoms with Crippen molar-refractivity contribution in [3.05, 3.63) is 34.9 Å². The first kappa shape index (κ1) is 12.2. The van der Waals surface area contributed by atoms with Gasteiger partial charge in [-0.15, -0.1) is 11.6 Å². The van der Waals surface area contributed by atoms with Crippen molar-refractivity contribution in [3.63, 3.8) is 0 Å². The van der Waals surface area contributed by atoms with Gasteiger partial charge in [-0.2, -0.15) is 11.8 Å². The van der Waals surface area contributed by atoms with E-state index in [1.807, 2.05) is 30.0 Å². The van der Waals surface area contributed by atoms with E-state index < -0.39 is 0 Å². The van der Waals surface area contributed by atoms with Crippen molar-refractivity contribution in [1.29, 1.82) is 0 Å². The first-order valence-corrected chi connectivity index (χ1v) is 6.61. The Morgan fingerprint density at radius 3 is 2.71 bits per heavy atom. The SMILES string of the molecule is CC(CCCl)SCc1ccccc1Cl. The van der Waals surface area contributed by atoms with Crippen LogP contribution >= 0.6 is 35.0 Å². The number of rotatable bonds is 5. The molecule has 1 rings (SSSR count). The predicted octanol–water partition coefficient (Wildman–Crippen LogP) is 4.59. The lowest BCUT2D eigenvalue weighted by atomic mass is 10.2. The summed E-state index contributed by atoms with van der Waals surface area (Å²) in [7, 11) is 0. The van der Waals surface area contributed by atoms with Crippen molar-refractivity contribution in [2.75, 3.05) is 5.88 Å². The number of halogens is 2. The third-order valence-corrected chi connectivity index (χ3v) is 3.87. The summed E-state index contributed by atoms with van der Waals surface area (Å²) in [6.45, 7) is 2.20. The fourth-order valence-corrected chi connectivity index (χ4v) is 2.82. The van der Waals surface area contributed by atoms with Gasteiger partial charge in [-0.05, 0) is 18.1 Å². The zero-order chi connectivity index (χ0) is 10.4. The molecule has 3 heteroatoms. The summed E-state index contributed by atoms with van der Waals surface area (Å²) in [6.07, 6.45) is 1.05. The number of hydrogen-bond acceptors (Lipinski definition) is 1. The van der Waals surface area contributed by atoms with Crippen LogP contribution in [0, 0.1) is 0 Å². The average molecular weight is 249 g/mol. The topological polar surface area (TPSA) is 0 Å². The molecule has 0 fully saturated rings. The van der Waals surface area contributed by atoms with Gasteiger partial charge >= 0.3 is 0 Å². The maximum Gasteiger partial charge on any atom is 0.0446 e. The molecular weight excluding hydrogens is 235 g/mol. The number of hydrogen-bond donors (Lipinski definition) is 0. The van der Waals surface area contributed by atoms with Crippen molar-refractivity contribution in [2.45, 2.75) is 24.3 Å². The average Bonchev–Trinajstić information content (AvgIpc) is 2.17. The normalized spacial score (nSPS) is 12.8. The fourth-order valence-electron chi connectivity index (χ4n) is 1.08. The quantitative estimate of drug-likeness (QED) is 0.688. The predicted molar refractivity (Wildman–Crippen MR) is 67.5 cm³/mol. The lowest BCUT2D eigenvalue weighted by molar-refractivity contribution is 0.912. The van der Waals surface area contributed by atoms with E-state index in [0.717, 1.165) is 23.1 Å². The summed E-state index contributed by atoms with van der Waals surface area (Å²) in [5.41, 5.74) is 1.21. The van der Waals surface area contributed by atoms with Gasteiger partial charge in [-0.1, -0.05) is 36.7 Å². The van der Waals surface area contributed by atoms with Gasteiger partial charge in [0.05, 0.1) is 0 Å². The lowest BCUT2D eigenvalue weighted by Crippen LogP contribution is -1.97. The van der Waals surface area contributed by atoms with Crippen LogP contribution in [0.5, 0.6) is 0 Å². The molecule has 0 saturated heterocycles. The maximum atomic E-state index is 6.05. The number of alkyl halides is 1. The zero-order valence-corrected chi connectivity index (χ0v) is 10.5. The van der Waals surface area contributed by atoms with E-state index in [9.17, 15) is 0 Å². The van der Waals surface area contributed by atoms with Gasteiger partial charge in [0.2, 0.25) is 0 Å². The Bertz CT molecular complexity index is 276. The minimum absolute atomic E-state index is 0.601. The first-order chi connectivity index (χ1) is 6.74. The van der Waals surface area contributed by atoms with Crippen molar-refractivity contribution >= 4 is 35.0 Å². The van der Waals surface area contributed by atoms with E-state index in [-0.39, 0.29) is 0 Å². The van der Waals surface area contributed by atoms with Crippen LogP contribution in [-0.4, -0.2) is 11.1 Å². The molecule has 0 nitrogen and oxygen atoms in total. The minimum atomic E-state index is 0.601. The first-order valence-electron chi connectivity index (χ1n) is 4.65. The van der Waals surface area contributed by atoms with Crippen LogP contribution in [0.2, 0.25) is 5.02 Å². The Hall–Kier alpha value is 0.150. The van der Waals surface area contributed by atoms with Crippen molar-refractivity contribution in [3.8, 4) is 0 Å². The maximum absolute atomic E-state index is 6.05. The van der Waals surface area contributed by atoms with E-state index >= 15 is 0 Å². The molecule has 0 aliphatic rings. The van der Waals surface area contributed by atoms with Gasteiger partial charge < -0.3 is 0 Å². The summed E-state index contributed by atoms with van der Waals surface area (Å²) in [5.74, 6) is 1.70. The molecule has 0 N–H and O–H groups in total. The number of thioether (sulfide) groups is 1. The highest BCUT2D eigenvalue weighted by atomic mass is 35.5. The molecule has 0 spiro atoms. The largest absolute Gasteiger partial charge is 0.154 e. The third kappa shape index (κ3) is 4.12. The van der Waals surface area contributed by atoms with Crippen molar-refractivity contribution in [1.82, 2.24) is 0 Å². The molecule has 1 aromatic carbocycles. The van der Waals surface area contributed by atoms with E-state index in [0.29, 0.717) is 5.25 Å². The molecular formula is C11H14Cl2S. The molecule has 1 unspecified atom stereocenters. The van der Waals surface area contributed by atoms with Gasteiger partial charge in [0, 0.05) is 21.9 Å². The molecule has 0 aliphatic heterocycles. The Kier molecular flexibility index (Phi) is 5.76. The van der Waals surface area contributed by atoms with Crippen LogP contribution in [-0.2, 0) is 5.75 Å². The molecule has 0 amide bonds. The molecule has 78 valence electrons. The second-order valence-corrected chi connectivity index (χ2v) is 5.40. The molecule has 0 aliphatic carbocycles. The standard InChI is InChI=1S/C11H14Cl2S/c1-9(6-7-12)14-8-10-4-2-3-5-11(10)13/h2-5,9H,6-8H2,1H3. The van der Waals surface area contributed by atoms with E-state index in [1.54, 1.807) is 0 Å². The van der Waals surface area contributed by atoms with Gasteiger partial charge in [0.25, 0.3) is 0 Å². The van der Waals surface area contributed by atoms with Crippen molar-refractivity contribution in [2.24, 2.45) is 0 Å². The van der Waals surface area contributed by atoms with Crippen LogP contribution in [0.3, 0.4) is 0 Å². The molecule has 0 radical (unpaired) electrons. The van der Waals surface area contributed by atoms with Gasteiger partial charge in [0.1, 0.15) is 0 Å². The summed E-state index contributed by atoms with van der Waals surface area (Å²) in [6, 6.07) is 7.99. The Morgan fingerprint density at radius 1 is 1.36 bits per heavy atom. The molecule has 1 atom stereocenters. The summed E-state index contributed by atoms with van der Waals surface area (Å²) >= 11 is 13.6. The van der Waals surface area contributed by atoms with Crippen molar-refractivity contribution < 1.29 is 0 Å². The Morgan fingerprint density at radius 2 is 2.07 bits per heavy atom. The Balaban J connectivity index is 2.41. The van der Waals surface area contributed by atoms with Crippen LogP contribution in [0.25, 0.3) is 0 Å². The summed E-state index contributed by atoms with van der Waals surface area (Å²) < 4.78 is 0. The lowest BCUT2D eigenvalue weighted by Gasteiger charge is -2.09. The Labute approximate surface area is 100.0 Å².